The minimum atomic E-state index is -3.61. The number of halogens is 2. The van der Waals surface area contributed by atoms with Gasteiger partial charge in [-0.2, -0.15) is 0 Å². The number of hydrogen-bond donors (Lipinski definition) is 1. The zero-order valence-corrected chi connectivity index (χ0v) is 9.62. The molecule has 0 fully saturated rings. The minimum absolute atomic E-state index is 0.146. The maximum absolute atomic E-state index is 10.8. The predicted molar refractivity (Wildman–Crippen MR) is 56.3 cm³/mol. The van der Waals surface area contributed by atoms with Crippen molar-refractivity contribution in [3.8, 4) is 5.75 Å². The lowest BCUT2D eigenvalue weighted by molar-refractivity contribution is 0.475. The third kappa shape index (κ3) is 3.04. The molecule has 0 saturated carbocycles. The number of benzene rings is 1. The monoisotopic (exact) mass is 254 g/mol. The van der Waals surface area contributed by atoms with Gasteiger partial charge >= 0.3 is 0 Å². The van der Waals surface area contributed by atoms with Crippen LogP contribution in [0, 0.1) is 6.92 Å². The summed E-state index contributed by atoms with van der Waals surface area (Å²) in [6.07, 6.45) is 0. The molecule has 3 nitrogen and oxygen atoms in total. The highest BCUT2D eigenvalue weighted by atomic mass is 35.7. The van der Waals surface area contributed by atoms with Crippen LogP contribution in [0.4, 0.5) is 0 Å². The Balaban J connectivity index is 3.17. The molecule has 0 amide bonds. The van der Waals surface area contributed by atoms with Crippen LogP contribution in [0.1, 0.15) is 11.1 Å². The van der Waals surface area contributed by atoms with E-state index in [1.165, 1.54) is 12.1 Å². The van der Waals surface area contributed by atoms with Gasteiger partial charge < -0.3 is 5.11 Å². The molecule has 1 rings (SSSR count). The van der Waals surface area contributed by atoms with E-state index in [0.717, 1.165) is 0 Å². The number of aromatic hydroxyl groups is 1. The first-order valence-corrected chi connectivity index (χ1v) is 6.55. The summed E-state index contributed by atoms with van der Waals surface area (Å²) in [7, 11) is 1.48. The summed E-state index contributed by atoms with van der Waals surface area (Å²) in [5.41, 5.74) is 1.12. The third-order valence-electron chi connectivity index (χ3n) is 1.73. The Morgan fingerprint density at radius 1 is 1.43 bits per heavy atom. The number of phenolic OH excluding ortho intramolecular Hbond substituents is 1. The lowest BCUT2D eigenvalue weighted by Gasteiger charge is -2.05. The smallest absolute Gasteiger partial charge is 0.236 e. The molecule has 1 aromatic carbocycles. The van der Waals surface area contributed by atoms with Crippen LogP contribution in [0.3, 0.4) is 0 Å². The Morgan fingerprint density at radius 2 is 2.00 bits per heavy atom. The number of hydrogen-bond acceptors (Lipinski definition) is 3. The Bertz CT molecular complexity index is 454. The highest BCUT2D eigenvalue weighted by Gasteiger charge is 2.11. The lowest BCUT2D eigenvalue weighted by atomic mass is 10.1. The third-order valence-corrected chi connectivity index (χ3v) is 3.02. The molecule has 0 bridgehead atoms. The minimum Gasteiger partial charge on any atom is -0.506 e. The van der Waals surface area contributed by atoms with Crippen molar-refractivity contribution < 1.29 is 13.5 Å². The molecule has 78 valence electrons. The fraction of sp³-hybridized carbons (Fsp3) is 0.250. The maximum atomic E-state index is 10.8. The van der Waals surface area contributed by atoms with Crippen LogP contribution >= 0.6 is 22.3 Å². The molecule has 6 heteroatoms. The predicted octanol–water partition coefficient (Wildman–Crippen LogP) is 2.42. The number of phenols is 1. The molecule has 1 N–H and O–H groups in total. The van der Waals surface area contributed by atoms with Crippen molar-refractivity contribution in [2.24, 2.45) is 0 Å². The van der Waals surface area contributed by atoms with Crippen molar-refractivity contribution in [2.75, 3.05) is 0 Å². The molecule has 0 heterocycles. The second-order valence-electron chi connectivity index (χ2n) is 2.91. The van der Waals surface area contributed by atoms with Gasteiger partial charge in [-0.05, 0) is 30.2 Å². The molecule has 0 radical (unpaired) electrons. The van der Waals surface area contributed by atoms with Crippen LogP contribution in [0.2, 0.25) is 5.02 Å². The van der Waals surface area contributed by atoms with E-state index in [9.17, 15) is 13.5 Å². The number of aryl methyl sites for hydroxylation is 1. The SMILES string of the molecule is Cc1cc(Cl)c(O)cc1CS(=O)(=O)Cl. The molecule has 0 aromatic heterocycles. The summed E-state index contributed by atoms with van der Waals surface area (Å²) >= 11 is 5.62. The van der Waals surface area contributed by atoms with Gasteiger partial charge in [0, 0.05) is 10.7 Å². The van der Waals surface area contributed by atoms with Crippen LogP contribution < -0.4 is 0 Å². The molecule has 0 spiro atoms. The maximum Gasteiger partial charge on any atom is 0.236 e. The van der Waals surface area contributed by atoms with Gasteiger partial charge in [-0.25, -0.2) is 8.42 Å². The molecule has 0 aliphatic heterocycles. The van der Waals surface area contributed by atoms with E-state index in [2.05, 4.69) is 0 Å². The largest absolute Gasteiger partial charge is 0.506 e. The average molecular weight is 255 g/mol. The van der Waals surface area contributed by atoms with E-state index in [-0.39, 0.29) is 16.5 Å². The fourth-order valence-electron chi connectivity index (χ4n) is 1.05. The van der Waals surface area contributed by atoms with Gasteiger partial charge in [0.1, 0.15) is 5.75 Å². The van der Waals surface area contributed by atoms with Gasteiger partial charge in [-0.1, -0.05) is 11.6 Å². The van der Waals surface area contributed by atoms with Gasteiger partial charge in [0.15, 0.2) is 0 Å². The quantitative estimate of drug-likeness (QED) is 0.825. The lowest BCUT2D eigenvalue weighted by Crippen LogP contribution is -1.97. The second kappa shape index (κ2) is 3.96. The molecule has 1 aromatic rings. The van der Waals surface area contributed by atoms with Crippen LogP contribution in [-0.4, -0.2) is 13.5 Å². The van der Waals surface area contributed by atoms with Crippen molar-refractivity contribution >= 4 is 31.3 Å². The molecule has 0 aliphatic carbocycles. The van der Waals surface area contributed by atoms with Crippen molar-refractivity contribution in [1.29, 1.82) is 0 Å². The van der Waals surface area contributed by atoms with Crippen molar-refractivity contribution in [1.82, 2.24) is 0 Å². The first-order chi connectivity index (χ1) is 6.29. The summed E-state index contributed by atoms with van der Waals surface area (Å²) in [6.45, 7) is 1.70. The van der Waals surface area contributed by atoms with Crippen LogP contribution in [0.5, 0.6) is 5.75 Å². The Labute approximate surface area is 91.7 Å². The first-order valence-electron chi connectivity index (χ1n) is 3.70. The van der Waals surface area contributed by atoms with Crippen LogP contribution in [0.15, 0.2) is 12.1 Å². The molecule has 0 saturated heterocycles. The van der Waals surface area contributed by atoms with E-state index in [1.807, 2.05) is 0 Å². The molecule has 0 unspecified atom stereocenters. The highest BCUT2D eigenvalue weighted by Crippen LogP contribution is 2.28. The van der Waals surface area contributed by atoms with Gasteiger partial charge in [0.2, 0.25) is 9.05 Å². The summed E-state index contributed by atoms with van der Waals surface area (Å²) in [5.74, 6) is -0.460. The molecular formula is C8H8Cl2O3S. The summed E-state index contributed by atoms with van der Waals surface area (Å²) in [5, 5.41) is 9.44. The molecule has 0 atom stereocenters. The average Bonchev–Trinajstić information content (AvgIpc) is 1.97. The topological polar surface area (TPSA) is 54.4 Å². The first kappa shape index (κ1) is 11.6. The van der Waals surface area contributed by atoms with Gasteiger partial charge in [0.25, 0.3) is 0 Å². The van der Waals surface area contributed by atoms with Crippen LogP contribution in [-0.2, 0) is 14.8 Å². The second-order valence-corrected chi connectivity index (χ2v) is 6.10. The van der Waals surface area contributed by atoms with Gasteiger partial charge in [0.05, 0.1) is 10.8 Å². The zero-order valence-electron chi connectivity index (χ0n) is 7.29. The molecule has 0 aliphatic rings. The molecular weight excluding hydrogens is 247 g/mol. The number of rotatable bonds is 2. The van der Waals surface area contributed by atoms with E-state index < -0.39 is 9.05 Å². The Hall–Kier alpha value is -0.450. The Kier molecular flexibility index (Phi) is 3.29. The van der Waals surface area contributed by atoms with E-state index in [1.54, 1.807) is 6.92 Å². The summed E-state index contributed by atoms with van der Waals surface area (Å²) < 4.78 is 21.6. The van der Waals surface area contributed by atoms with Crippen LogP contribution in [0.25, 0.3) is 0 Å². The van der Waals surface area contributed by atoms with Gasteiger partial charge in [-0.3, -0.25) is 0 Å². The van der Waals surface area contributed by atoms with E-state index in [4.69, 9.17) is 22.3 Å². The van der Waals surface area contributed by atoms with E-state index >= 15 is 0 Å². The standard InChI is InChI=1S/C8H8Cl2O3S/c1-5-2-7(9)8(11)3-6(5)4-14(10,12)13/h2-3,11H,4H2,1H3. The molecule has 14 heavy (non-hydrogen) atoms. The zero-order chi connectivity index (χ0) is 10.9. The highest BCUT2D eigenvalue weighted by molar-refractivity contribution is 8.13. The fourth-order valence-corrected chi connectivity index (χ4v) is 2.30. The van der Waals surface area contributed by atoms with Gasteiger partial charge in [-0.15, -0.1) is 0 Å². The van der Waals surface area contributed by atoms with Crippen molar-refractivity contribution in [3.05, 3.63) is 28.3 Å². The van der Waals surface area contributed by atoms with Crippen molar-refractivity contribution in [3.63, 3.8) is 0 Å². The van der Waals surface area contributed by atoms with Crippen molar-refractivity contribution in [2.45, 2.75) is 12.7 Å². The Morgan fingerprint density at radius 3 is 2.50 bits per heavy atom. The van der Waals surface area contributed by atoms with E-state index in [0.29, 0.717) is 11.1 Å². The normalized spacial score (nSPS) is 11.6. The summed E-state index contributed by atoms with van der Waals surface area (Å²) in [6, 6.07) is 2.80. The summed E-state index contributed by atoms with van der Waals surface area (Å²) in [4.78, 5) is 0.